The molecule has 6 rings (SSSR count). The first-order valence-electron chi connectivity index (χ1n) is 17.2. The molecule has 0 radical (unpaired) electrons. The van der Waals surface area contributed by atoms with E-state index >= 15 is 0 Å². The Labute approximate surface area is 314 Å². The molecular weight excluding hydrogens is 700 g/mol. The zero-order valence-corrected chi connectivity index (χ0v) is 30.7. The molecule has 1 aliphatic heterocycles. The molecule has 0 saturated carbocycles. The summed E-state index contributed by atoms with van der Waals surface area (Å²) in [6.07, 6.45) is 4.23. The van der Waals surface area contributed by atoms with Gasteiger partial charge in [-0.05, 0) is 90.7 Å². The third kappa shape index (κ3) is 10.1. The molecule has 5 aromatic rings. The first-order valence-corrected chi connectivity index (χ1v) is 17.9. The van der Waals surface area contributed by atoms with Crippen LogP contribution in [0.25, 0.3) is 6.08 Å². The van der Waals surface area contributed by atoms with E-state index in [1.807, 2.05) is 55.2 Å². The Morgan fingerprint density at radius 3 is 2.25 bits per heavy atom. The Bertz CT molecular complexity index is 1970. The highest BCUT2D eigenvalue weighted by atomic mass is 35.5. The molecule has 1 aromatic heterocycles. The van der Waals surface area contributed by atoms with E-state index in [2.05, 4.69) is 34.1 Å². The molecule has 7 nitrogen and oxygen atoms in total. The van der Waals surface area contributed by atoms with E-state index in [4.69, 9.17) is 37.4 Å². The van der Waals surface area contributed by atoms with Gasteiger partial charge >= 0.3 is 0 Å². The summed E-state index contributed by atoms with van der Waals surface area (Å²) in [5.74, 6) is 1.88. The standard InChI is InChI=1S/C42H40Cl2FN3O4/c1-29-23-33(25-39(44)41(29)52-40-16-15-37(26-46-40)51-28-34-5-3-4-6-38(34)43)24-30(2)42(49)48-20-18-47(19-21-48)27-32-9-7-31(8-10-32)17-22-50-36-13-11-35(45)12-14-36/h3-16,23-26H,17-22,27-28H2,1-2H3. The first kappa shape index (κ1) is 36.9. The van der Waals surface area contributed by atoms with Crippen LogP contribution in [0.5, 0.6) is 23.1 Å². The molecule has 0 bridgehead atoms. The molecular formula is C42H40Cl2FN3O4. The second-order valence-electron chi connectivity index (χ2n) is 12.7. The topological polar surface area (TPSA) is 64.1 Å². The van der Waals surface area contributed by atoms with Crippen molar-refractivity contribution in [1.82, 2.24) is 14.8 Å². The third-order valence-electron chi connectivity index (χ3n) is 8.80. The molecule has 1 fully saturated rings. The molecule has 1 saturated heterocycles. The van der Waals surface area contributed by atoms with Crippen LogP contribution in [0.15, 0.2) is 109 Å². The van der Waals surface area contributed by atoms with E-state index in [9.17, 15) is 9.18 Å². The Kier molecular flexibility index (Phi) is 12.5. The number of benzene rings is 4. The lowest BCUT2D eigenvalue weighted by molar-refractivity contribution is -0.128. The largest absolute Gasteiger partial charge is 0.493 e. The highest BCUT2D eigenvalue weighted by Gasteiger charge is 2.22. The predicted octanol–water partition coefficient (Wildman–Crippen LogP) is 9.58. The molecule has 0 spiro atoms. The molecule has 0 unspecified atom stereocenters. The number of pyridine rings is 1. The van der Waals surface area contributed by atoms with Gasteiger partial charge in [0, 0.05) is 61.4 Å². The van der Waals surface area contributed by atoms with Crippen LogP contribution < -0.4 is 14.2 Å². The Morgan fingerprint density at radius 2 is 1.56 bits per heavy atom. The van der Waals surface area contributed by atoms with E-state index in [0.717, 1.165) is 42.7 Å². The van der Waals surface area contributed by atoms with Gasteiger partial charge in [-0.25, -0.2) is 9.37 Å². The minimum Gasteiger partial charge on any atom is -0.493 e. The van der Waals surface area contributed by atoms with Gasteiger partial charge < -0.3 is 19.1 Å². The first-order chi connectivity index (χ1) is 25.2. The number of nitrogens with zero attached hydrogens (tertiary/aromatic N) is 3. The molecule has 0 N–H and O–H groups in total. The van der Waals surface area contributed by atoms with Gasteiger partial charge in [0.15, 0.2) is 5.75 Å². The second-order valence-corrected chi connectivity index (χ2v) is 13.5. The maximum Gasteiger partial charge on any atom is 0.249 e. The SMILES string of the molecule is CC(=Cc1cc(C)c(Oc2ccc(OCc3ccccc3Cl)cn2)c(Cl)c1)C(=O)N1CCN(Cc2ccc(CCOc3ccc(F)cc3)cc2)CC1. The van der Waals surface area contributed by atoms with E-state index in [0.29, 0.717) is 65.1 Å². The number of ether oxygens (including phenoxy) is 3. The zero-order chi connectivity index (χ0) is 36.5. The quantitative estimate of drug-likeness (QED) is 0.112. The van der Waals surface area contributed by atoms with Crippen LogP contribution in [0.3, 0.4) is 0 Å². The molecule has 0 atom stereocenters. The molecule has 2 heterocycles. The van der Waals surface area contributed by atoms with E-state index in [1.165, 1.54) is 23.3 Å². The van der Waals surface area contributed by atoms with Crippen molar-refractivity contribution in [2.45, 2.75) is 33.4 Å². The predicted molar refractivity (Wildman–Crippen MR) is 204 cm³/mol. The van der Waals surface area contributed by atoms with Crippen LogP contribution in [-0.4, -0.2) is 53.5 Å². The van der Waals surface area contributed by atoms with Crippen LogP contribution in [-0.2, 0) is 24.4 Å². The number of halogens is 3. The summed E-state index contributed by atoms with van der Waals surface area (Å²) in [6, 6.07) is 29.4. The second kappa shape index (κ2) is 17.6. The number of hydrogen-bond donors (Lipinski definition) is 0. The number of aryl methyl sites for hydroxylation is 1. The van der Waals surface area contributed by atoms with Crippen LogP contribution in [0.4, 0.5) is 4.39 Å². The summed E-state index contributed by atoms with van der Waals surface area (Å²) in [5.41, 5.74) is 5.58. The Morgan fingerprint density at radius 1 is 0.846 bits per heavy atom. The summed E-state index contributed by atoms with van der Waals surface area (Å²) in [6.45, 7) is 8.35. The van der Waals surface area contributed by atoms with Crippen molar-refractivity contribution in [3.05, 3.63) is 153 Å². The van der Waals surface area contributed by atoms with Crippen molar-refractivity contribution in [2.24, 2.45) is 0 Å². The number of aromatic nitrogens is 1. The molecule has 1 aliphatic rings. The lowest BCUT2D eigenvalue weighted by Gasteiger charge is -2.35. The average molecular weight is 741 g/mol. The Balaban J connectivity index is 0.958. The minimum absolute atomic E-state index is 0.0157. The smallest absolute Gasteiger partial charge is 0.249 e. The third-order valence-corrected chi connectivity index (χ3v) is 9.45. The number of amides is 1. The highest BCUT2D eigenvalue weighted by Crippen LogP contribution is 2.34. The number of carbonyl (C=O) groups excluding carboxylic acids is 1. The molecule has 10 heteroatoms. The number of hydrogen-bond acceptors (Lipinski definition) is 6. The van der Waals surface area contributed by atoms with Gasteiger partial charge in [0.1, 0.15) is 23.9 Å². The fourth-order valence-corrected chi connectivity index (χ4v) is 6.42. The van der Waals surface area contributed by atoms with Gasteiger partial charge in [0.05, 0.1) is 17.8 Å². The molecule has 1 amide bonds. The van der Waals surface area contributed by atoms with Gasteiger partial charge in [-0.1, -0.05) is 65.7 Å². The van der Waals surface area contributed by atoms with Crippen molar-refractivity contribution in [1.29, 1.82) is 0 Å². The van der Waals surface area contributed by atoms with Crippen LogP contribution in [0, 0.1) is 12.7 Å². The Hall–Kier alpha value is -4.89. The fraction of sp³-hybridized carbons (Fsp3) is 0.238. The van der Waals surface area contributed by atoms with Crippen molar-refractivity contribution in [2.75, 3.05) is 32.8 Å². The number of rotatable bonds is 13. The summed E-state index contributed by atoms with van der Waals surface area (Å²) < 4.78 is 30.7. The van der Waals surface area contributed by atoms with Gasteiger partial charge in [-0.2, -0.15) is 0 Å². The van der Waals surface area contributed by atoms with Gasteiger partial charge in [0.25, 0.3) is 0 Å². The van der Waals surface area contributed by atoms with E-state index < -0.39 is 0 Å². The van der Waals surface area contributed by atoms with Crippen LogP contribution >= 0.6 is 23.2 Å². The maximum absolute atomic E-state index is 13.4. The summed E-state index contributed by atoms with van der Waals surface area (Å²) in [5, 5.41) is 1.07. The van der Waals surface area contributed by atoms with Crippen LogP contribution in [0.2, 0.25) is 10.0 Å². The van der Waals surface area contributed by atoms with Crippen molar-refractivity contribution in [3.63, 3.8) is 0 Å². The monoisotopic (exact) mass is 739 g/mol. The zero-order valence-electron chi connectivity index (χ0n) is 29.2. The average Bonchev–Trinajstić information content (AvgIpc) is 3.15. The minimum atomic E-state index is -0.274. The van der Waals surface area contributed by atoms with Crippen molar-refractivity contribution < 1.29 is 23.4 Å². The van der Waals surface area contributed by atoms with Gasteiger partial charge in [-0.3, -0.25) is 9.69 Å². The van der Waals surface area contributed by atoms with Crippen molar-refractivity contribution >= 4 is 35.2 Å². The molecule has 0 aliphatic carbocycles. The normalized spacial score (nSPS) is 13.6. The lowest BCUT2D eigenvalue weighted by Crippen LogP contribution is -2.48. The molecule has 52 heavy (non-hydrogen) atoms. The lowest BCUT2D eigenvalue weighted by atomic mass is 10.1. The van der Waals surface area contributed by atoms with E-state index in [-0.39, 0.29) is 11.7 Å². The number of piperazine rings is 1. The summed E-state index contributed by atoms with van der Waals surface area (Å²) in [7, 11) is 0. The molecule has 268 valence electrons. The van der Waals surface area contributed by atoms with Gasteiger partial charge in [0.2, 0.25) is 11.8 Å². The summed E-state index contributed by atoms with van der Waals surface area (Å²) in [4.78, 5) is 22.0. The summed E-state index contributed by atoms with van der Waals surface area (Å²) >= 11 is 12.9. The highest BCUT2D eigenvalue weighted by molar-refractivity contribution is 6.32. The number of carbonyl (C=O) groups is 1. The van der Waals surface area contributed by atoms with Crippen molar-refractivity contribution in [3.8, 4) is 23.1 Å². The van der Waals surface area contributed by atoms with Gasteiger partial charge in [-0.15, -0.1) is 0 Å². The van der Waals surface area contributed by atoms with Crippen LogP contribution in [0.1, 0.15) is 34.7 Å². The maximum atomic E-state index is 13.4. The molecule has 4 aromatic carbocycles. The van der Waals surface area contributed by atoms with E-state index in [1.54, 1.807) is 36.5 Å². The fourth-order valence-electron chi connectivity index (χ4n) is 5.92.